The zero-order valence-electron chi connectivity index (χ0n) is 75.7. The summed E-state index contributed by atoms with van der Waals surface area (Å²) >= 11 is 0. The van der Waals surface area contributed by atoms with Crippen LogP contribution in [0, 0.1) is 33.8 Å². The zero-order valence-corrected chi connectivity index (χ0v) is 76.5. The number of non-ortho nitro benzene ring substituents is 1. The van der Waals surface area contributed by atoms with Crippen molar-refractivity contribution in [3.8, 4) is 5.75 Å². The molecule has 7 rings (SSSR count). The number of fused-ring (bicyclic) bond motifs is 2. The first-order valence-electron chi connectivity index (χ1n) is 44.7. The number of amides is 2. The van der Waals surface area contributed by atoms with Crippen molar-refractivity contribution in [2.45, 2.75) is 313 Å². The molecule has 7 aromatic rings. The van der Waals surface area contributed by atoms with E-state index in [1.165, 1.54) is 96.7 Å². The number of esters is 2. The fourth-order valence-corrected chi connectivity index (χ4v) is 14.2. The van der Waals surface area contributed by atoms with Crippen molar-refractivity contribution in [3.05, 3.63) is 176 Å². The van der Waals surface area contributed by atoms with E-state index in [4.69, 9.17) is 41.3 Å². The highest BCUT2D eigenvalue weighted by Gasteiger charge is 2.30. The second kappa shape index (κ2) is 57.9. The fraction of sp³-hybridized carbons (Fsp3) is 0.535. The molecule has 9 N–H and O–H groups in total. The smallest absolute Gasteiger partial charge is 0.481 e. The molecule has 5 aromatic carbocycles. The van der Waals surface area contributed by atoms with Gasteiger partial charge in [-0.25, -0.2) is 14.8 Å². The molecule has 26 heteroatoms. The number of anilines is 2. The van der Waals surface area contributed by atoms with Crippen LogP contribution in [-0.4, -0.2) is 103 Å². The molecule has 684 valence electrons. The van der Waals surface area contributed by atoms with Crippen molar-refractivity contribution in [1.29, 1.82) is 0 Å². The Bertz CT molecular complexity index is 4550. The predicted molar refractivity (Wildman–Crippen MR) is 494 cm³/mol. The van der Waals surface area contributed by atoms with Crippen LogP contribution in [-0.2, 0) is 109 Å². The highest BCUT2D eigenvalue weighted by atomic mass is 35.5. The Kier molecular flexibility index (Phi) is 49.5. The number of Topliss-reactive ketones (excluding diaryl/α,β-unsaturated/α-hetero) is 4. The van der Waals surface area contributed by atoms with Crippen molar-refractivity contribution in [2.75, 3.05) is 18.0 Å². The first kappa shape index (κ1) is 107. The van der Waals surface area contributed by atoms with Gasteiger partial charge in [-0.2, -0.15) is 0 Å². The third-order valence-corrected chi connectivity index (χ3v) is 21.7. The molecule has 0 unspecified atom stereocenters. The third-order valence-electron chi connectivity index (χ3n) is 21.7. The van der Waals surface area contributed by atoms with Crippen molar-refractivity contribution in [1.82, 2.24) is 20.6 Å². The number of nitrogens with two attached hydrogens (primary N) is 3. The van der Waals surface area contributed by atoms with Crippen LogP contribution in [0.5, 0.6) is 5.75 Å². The Morgan fingerprint density at radius 3 is 1.27 bits per heavy atom. The number of rotatable bonds is 54. The molecule has 2 amide bonds. The van der Waals surface area contributed by atoms with E-state index < -0.39 is 46.6 Å². The van der Waals surface area contributed by atoms with E-state index in [-0.39, 0.29) is 128 Å². The first-order valence-corrected chi connectivity index (χ1v) is 44.7. The van der Waals surface area contributed by atoms with Crippen molar-refractivity contribution < 1.29 is 76.9 Å². The number of aliphatic carboxylic acids is 1. The monoisotopic (exact) mass is 1750 g/mol. The minimum Gasteiger partial charge on any atom is -0.481 e. The van der Waals surface area contributed by atoms with E-state index in [2.05, 4.69) is 70.8 Å². The number of aromatic nitrogens is 2. The number of carboxylic acid groups (broad SMARTS) is 1. The number of nitro groups is 1. The van der Waals surface area contributed by atoms with E-state index >= 15 is 0 Å². The van der Waals surface area contributed by atoms with E-state index in [1.807, 2.05) is 84.9 Å². The van der Waals surface area contributed by atoms with Crippen LogP contribution in [0.3, 0.4) is 0 Å². The van der Waals surface area contributed by atoms with Gasteiger partial charge >= 0.3 is 24.1 Å². The van der Waals surface area contributed by atoms with E-state index in [0.29, 0.717) is 87.0 Å². The molecule has 0 aliphatic heterocycles. The average Bonchev–Trinajstić information content (AvgIpc) is 0.805. The topological polar surface area (TPSA) is 399 Å². The number of hydrogen-bond acceptors (Lipinski definition) is 21. The van der Waals surface area contributed by atoms with Crippen LogP contribution in [0.15, 0.2) is 121 Å². The summed E-state index contributed by atoms with van der Waals surface area (Å²) in [6.45, 7) is 21.5. The average molecular weight is 1750 g/mol. The predicted octanol–water partition coefficient (Wildman–Crippen LogP) is 19.8. The van der Waals surface area contributed by atoms with Crippen LogP contribution in [0.2, 0.25) is 0 Å². The highest BCUT2D eigenvalue weighted by Crippen LogP contribution is 2.29. The molecule has 2 aromatic heterocycles. The maximum absolute atomic E-state index is 13.0. The van der Waals surface area contributed by atoms with Gasteiger partial charge in [0, 0.05) is 92.5 Å². The molecule has 4 atom stereocenters. The number of halogens is 1. The lowest BCUT2D eigenvalue weighted by molar-refractivity contribution is -0.384. The molecule has 25 nitrogen and oxygen atoms in total. The number of aryl methyl sites for hydroxylation is 4. The number of nitro benzene ring substituents is 1. The second-order valence-corrected chi connectivity index (χ2v) is 34.2. The molecule has 0 bridgehead atoms. The van der Waals surface area contributed by atoms with Gasteiger partial charge in [0.1, 0.15) is 47.8 Å². The van der Waals surface area contributed by atoms with Gasteiger partial charge in [0.2, 0.25) is 11.8 Å². The van der Waals surface area contributed by atoms with Gasteiger partial charge in [0.15, 0.2) is 11.6 Å². The number of carbonyl (C=O) groups excluding carboxylic acids is 9. The number of carbonyl (C=O) groups is 10. The van der Waals surface area contributed by atoms with Crippen molar-refractivity contribution in [3.63, 3.8) is 0 Å². The Hall–Kier alpha value is -10.5. The Labute approximate surface area is 745 Å². The summed E-state index contributed by atoms with van der Waals surface area (Å²) in [4.78, 5) is 143. The molecular formula is C99H139ClN8O17. The number of ketones is 4. The molecule has 0 aliphatic carbocycles. The maximum Gasteiger partial charge on any atom is 0.514 e. The Morgan fingerprint density at radius 2 is 0.856 bits per heavy atom. The summed E-state index contributed by atoms with van der Waals surface area (Å²) in [6.07, 6.45) is 23.0. The summed E-state index contributed by atoms with van der Waals surface area (Å²) in [7, 11) is 0. The lowest BCUT2D eigenvalue weighted by Crippen LogP contribution is -2.44. The quantitative estimate of drug-likeness (QED) is 0.00515. The van der Waals surface area contributed by atoms with Gasteiger partial charge in [0.25, 0.3) is 5.69 Å². The number of nitrogens with zero attached hydrogens (tertiary/aromatic N) is 3. The number of nitrogens with one attached hydrogen (secondary N) is 2. The molecule has 0 spiro atoms. The summed E-state index contributed by atoms with van der Waals surface area (Å²) < 4.78 is 20.9. The Morgan fingerprint density at radius 1 is 0.472 bits per heavy atom. The number of unbranched alkanes of at least 4 members (excludes halogenated alkanes) is 13. The van der Waals surface area contributed by atoms with Crippen LogP contribution in [0.4, 0.5) is 22.1 Å². The summed E-state index contributed by atoms with van der Waals surface area (Å²) in [5.74, 6) is -2.26. The number of benzene rings is 5. The van der Waals surface area contributed by atoms with Crippen LogP contribution < -0.4 is 32.6 Å². The normalized spacial score (nSPS) is 12.1. The molecule has 0 fully saturated rings. The van der Waals surface area contributed by atoms with E-state index in [0.717, 1.165) is 98.5 Å². The van der Waals surface area contributed by atoms with Crippen LogP contribution in [0.25, 0.3) is 21.8 Å². The minimum absolute atomic E-state index is 0. The molecular weight excluding hydrogens is 1610 g/mol. The lowest BCUT2D eigenvalue weighted by atomic mass is 9.88. The molecule has 125 heavy (non-hydrogen) atoms. The van der Waals surface area contributed by atoms with E-state index in [1.54, 1.807) is 38.1 Å². The zero-order chi connectivity index (χ0) is 91.1. The van der Waals surface area contributed by atoms with Gasteiger partial charge in [0.05, 0.1) is 28.0 Å². The number of carboxylic acids is 1. The van der Waals surface area contributed by atoms with Crippen molar-refractivity contribution >= 4 is 111 Å². The summed E-state index contributed by atoms with van der Waals surface area (Å²) in [5.41, 5.74) is 27.3. The number of pyridine rings is 2. The Balaban J connectivity index is 0.000000423. The van der Waals surface area contributed by atoms with Gasteiger partial charge in [-0.15, -0.1) is 12.4 Å². The van der Waals surface area contributed by atoms with E-state index in [9.17, 15) is 58.1 Å². The van der Waals surface area contributed by atoms with Crippen LogP contribution >= 0.6 is 12.4 Å². The fourth-order valence-electron chi connectivity index (χ4n) is 14.2. The first-order chi connectivity index (χ1) is 59.2. The minimum atomic E-state index is -0.973. The van der Waals surface area contributed by atoms with Gasteiger partial charge < -0.3 is 51.9 Å². The number of nitrogen functional groups attached to an aromatic ring is 2. The number of hydrogen-bond donors (Lipinski definition) is 6. The summed E-state index contributed by atoms with van der Waals surface area (Å²) in [5, 5.41) is 27.5. The lowest BCUT2D eigenvalue weighted by Gasteiger charge is -2.22. The van der Waals surface area contributed by atoms with Crippen LogP contribution in [0.1, 0.15) is 288 Å². The van der Waals surface area contributed by atoms with Crippen molar-refractivity contribution in [2.24, 2.45) is 29.4 Å². The second-order valence-electron chi connectivity index (χ2n) is 34.2. The molecule has 0 saturated heterocycles. The largest absolute Gasteiger partial charge is 0.514 e. The van der Waals surface area contributed by atoms with Gasteiger partial charge in [-0.3, -0.25) is 53.3 Å². The standard InChI is InChI=1S/C45H63N3O7.C35H46N2O10.C19H29N3.ClH/c1-5-6-10-17-36-28-39-35(18-15-20-40(39)48-44(36)46)16-11-7-8-14-22-43(53)55-30-34-25-23-33(24-26-34)27-41(50)32(4)47-45(54)38(31(2)3)29-37(49)19-12-9-13-21-42(51)52;1-23(2)30(21-28(38)10-8-7-9-11-32(40)47-35(4,5)6)33(41)36-24(3)31(39)20-25-12-14-26(15-13-25)22-45-34(42)46-29-18-16-27(17-19-29)37(43)44;1-2-3-5-10-16-14-17-15(9-6-4-7-13-20)11-8-12-18(17)22-19(16)21;/h15,18,20,23-26,28,31-32,38H,5-14,16-17,19,21-22,27,29-30H2,1-4H3,(H2,46,48)(H,47,54)(H,51,52);12-19,23-24,30H,7-11,20-22H2,1-6H3,(H,36,41);8,11-12,14H,2-7,9-10,13,20H2,1H3,(H2,21,22);1H/t32-,38-;24-,30-;;/m00../s1. The maximum atomic E-state index is 13.0. The third kappa shape index (κ3) is 41.9. The SMILES string of the molecule is CC(C)[C@H](CC(=O)CCCCCC(=O)OC(C)(C)C)C(=O)N[C@@H](C)C(=O)Cc1ccc(COC(=O)Oc2ccc([N+](=O)[O-])cc2)cc1.CCCCCc1cc2c(CCCCCCC(=O)OCc3ccc(CC(=O)[C@H](C)NC(=O)[C@@H](CC(=O)CCCCCC(=O)O)C(C)C)cc3)cccc2nc1N.CCCCCc1cc2c(CCCCCN)cccc2nc1N.Cl. The highest BCUT2D eigenvalue weighted by molar-refractivity contribution is 5.94. The number of ether oxygens (including phenoxy) is 4. The molecule has 0 radical (unpaired) electrons. The molecule has 0 saturated carbocycles. The van der Waals surface area contributed by atoms with Gasteiger partial charge in [-0.05, 0) is 224 Å². The molecule has 0 aliphatic rings. The summed E-state index contributed by atoms with van der Waals surface area (Å²) in [6, 6.07) is 34.8. The van der Waals surface area contributed by atoms with Gasteiger partial charge in [-0.1, -0.05) is 172 Å². The molecule has 2 heterocycles.